The zero-order chi connectivity index (χ0) is 17.6. The maximum Gasteiger partial charge on any atom is 0.260 e. The van der Waals surface area contributed by atoms with Crippen molar-refractivity contribution < 1.29 is 9.53 Å². The molecule has 1 amide bonds. The van der Waals surface area contributed by atoms with Crippen molar-refractivity contribution in [1.29, 1.82) is 0 Å². The van der Waals surface area contributed by atoms with Gasteiger partial charge in [0.1, 0.15) is 11.6 Å². The minimum atomic E-state index is 0.0617. The fraction of sp³-hybridized carbons (Fsp3) is 0.474. The van der Waals surface area contributed by atoms with Crippen LogP contribution in [0.4, 0.5) is 0 Å². The van der Waals surface area contributed by atoms with E-state index in [1.54, 1.807) is 0 Å². The lowest BCUT2D eigenvalue weighted by molar-refractivity contribution is -0.135. The SMILES string of the molecule is Cc1cccc(OCC(=O)N2CCN(CCn3ccnc3C)CC2)c1. The number of imidazole rings is 1. The van der Waals surface area contributed by atoms with Crippen LogP contribution in [0, 0.1) is 13.8 Å². The molecule has 0 radical (unpaired) electrons. The number of benzene rings is 1. The summed E-state index contributed by atoms with van der Waals surface area (Å²) in [6, 6.07) is 7.79. The van der Waals surface area contributed by atoms with Crippen LogP contribution < -0.4 is 4.74 Å². The molecule has 1 saturated heterocycles. The van der Waals surface area contributed by atoms with Crippen LogP contribution >= 0.6 is 0 Å². The number of carbonyl (C=O) groups excluding carboxylic acids is 1. The summed E-state index contributed by atoms with van der Waals surface area (Å²) < 4.78 is 7.78. The molecule has 3 rings (SSSR count). The highest BCUT2D eigenvalue weighted by Gasteiger charge is 2.21. The third-order valence-electron chi connectivity index (χ3n) is 4.66. The standard InChI is InChI=1S/C19H26N4O2/c1-16-4-3-5-18(14-16)25-15-19(24)23-12-9-21(10-13-23)8-11-22-7-6-20-17(22)2/h3-7,14H,8-13,15H2,1-2H3. The second-order valence-corrected chi connectivity index (χ2v) is 6.50. The minimum Gasteiger partial charge on any atom is -0.484 e. The molecule has 1 aliphatic rings. The van der Waals surface area contributed by atoms with Crippen LogP contribution in [-0.2, 0) is 11.3 Å². The van der Waals surface area contributed by atoms with Gasteiger partial charge in [-0.15, -0.1) is 0 Å². The van der Waals surface area contributed by atoms with Gasteiger partial charge in [-0.3, -0.25) is 9.69 Å². The Balaban J connectivity index is 1.39. The van der Waals surface area contributed by atoms with E-state index in [1.165, 1.54) is 0 Å². The highest BCUT2D eigenvalue weighted by molar-refractivity contribution is 5.77. The quantitative estimate of drug-likeness (QED) is 0.802. The number of aryl methyl sites for hydroxylation is 2. The Labute approximate surface area is 149 Å². The second kappa shape index (κ2) is 8.16. The molecule has 6 nitrogen and oxygen atoms in total. The molecule has 25 heavy (non-hydrogen) atoms. The fourth-order valence-corrected chi connectivity index (χ4v) is 3.05. The van der Waals surface area contributed by atoms with E-state index in [4.69, 9.17) is 4.74 Å². The van der Waals surface area contributed by atoms with Gasteiger partial charge in [0, 0.05) is 51.7 Å². The molecule has 0 aliphatic carbocycles. The lowest BCUT2D eigenvalue weighted by atomic mass is 10.2. The Morgan fingerprint density at radius 3 is 2.64 bits per heavy atom. The van der Waals surface area contributed by atoms with Gasteiger partial charge in [0.05, 0.1) is 0 Å². The lowest BCUT2D eigenvalue weighted by Gasteiger charge is -2.34. The summed E-state index contributed by atoms with van der Waals surface area (Å²) in [4.78, 5) is 20.9. The molecule has 1 fully saturated rings. The van der Waals surface area contributed by atoms with E-state index in [1.807, 2.05) is 55.4 Å². The van der Waals surface area contributed by atoms with Crippen LogP contribution in [-0.4, -0.2) is 64.6 Å². The molecule has 2 aromatic rings. The number of amides is 1. The van der Waals surface area contributed by atoms with Gasteiger partial charge in [-0.25, -0.2) is 4.98 Å². The number of carbonyl (C=O) groups is 1. The number of ether oxygens (including phenoxy) is 1. The van der Waals surface area contributed by atoms with Crippen LogP contribution in [0.1, 0.15) is 11.4 Å². The zero-order valence-corrected chi connectivity index (χ0v) is 15.0. The molecule has 0 bridgehead atoms. The summed E-state index contributed by atoms with van der Waals surface area (Å²) in [5.74, 6) is 1.86. The zero-order valence-electron chi connectivity index (χ0n) is 15.0. The van der Waals surface area contributed by atoms with Crippen molar-refractivity contribution in [2.24, 2.45) is 0 Å². The first-order chi connectivity index (χ1) is 12.1. The topological polar surface area (TPSA) is 50.6 Å². The molecule has 0 spiro atoms. The van der Waals surface area contributed by atoms with Crippen LogP contribution in [0.5, 0.6) is 5.75 Å². The first kappa shape index (κ1) is 17.5. The molecule has 1 aromatic heterocycles. The van der Waals surface area contributed by atoms with Gasteiger partial charge >= 0.3 is 0 Å². The number of rotatable bonds is 6. The van der Waals surface area contributed by atoms with E-state index < -0.39 is 0 Å². The van der Waals surface area contributed by atoms with E-state index in [9.17, 15) is 4.79 Å². The molecule has 0 unspecified atom stereocenters. The molecular weight excluding hydrogens is 316 g/mol. The van der Waals surface area contributed by atoms with Gasteiger partial charge in [0.15, 0.2) is 6.61 Å². The second-order valence-electron chi connectivity index (χ2n) is 6.50. The maximum atomic E-state index is 12.3. The molecule has 1 aliphatic heterocycles. The van der Waals surface area contributed by atoms with Crippen molar-refractivity contribution in [3.05, 3.63) is 48.0 Å². The summed E-state index contributed by atoms with van der Waals surface area (Å²) in [5.41, 5.74) is 1.13. The number of hydrogen-bond donors (Lipinski definition) is 0. The Morgan fingerprint density at radius 2 is 1.96 bits per heavy atom. The number of hydrogen-bond acceptors (Lipinski definition) is 4. The van der Waals surface area contributed by atoms with Crippen LogP contribution in [0.2, 0.25) is 0 Å². The van der Waals surface area contributed by atoms with E-state index in [0.717, 1.165) is 56.4 Å². The van der Waals surface area contributed by atoms with E-state index in [0.29, 0.717) is 0 Å². The van der Waals surface area contributed by atoms with Gasteiger partial charge in [-0.2, -0.15) is 0 Å². The van der Waals surface area contributed by atoms with E-state index in [-0.39, 0.29) is 12.5 Å². The van der Waals surface area contributed by atoms with Gasteiger partial charge in [-0.05, 0) is 31.5 Å². The van der Waals surface area contributed by atoms with Crippen molar-refractivity contribution >= 4 is 5.91 Å². The molecule has 0 atom stereocenters. The molecule has 1 aromatic carbocycles. The lowest BCUT2D eigenvalue weighted by Crippen LogP contribution is -2.50. The van der Waals surface area contributed by atoms with Gasteiger partial charge in [-0.1, -0.05) is 12.1 Å². The monoisotopic (exact) mass is 342 g/mol. The summed E-state index contributed by atoms with van der Waals surface area (Å²) in [5, 5.41) is 0. The third-order valence-corrected chi connectivity index (χ3v) is 4.66. The van der Waals surface area contributed by atoms with Crippen molar-refractivity contribution in [1.82, 2.24) is 19.4 Å². The normalized spacial score (nSPS) is 15.4. The van der Waals surface area contributed by atoms with E-state index in [2.05, 4.69) is 14.5 Å². The highest BCUT2D eigenvalue weighted by atomic mass is 16.5. The first-order valence-electron chi connectivity index (χ1n) is 8.79. The molecule has 134 valence electrons. The number of piperazine rings is 1. The fourth-order valence-electron chi connectivity index (χ4n) is 3.05. The third kappa shape index (κ3) is 4.82. The Morgan fingerprint density at radius 1 is 1.16 bits per heavy atom. The van der Waals surface area contributed by atoms with Crippen molar-refractivity contribution in [3.8, 4) is 5.75 Å². The average Bonchev–Trinajstić information content (AvgIpc) is 3.03. The molecule has 0 saturated carbocycles. The molecule has 2 heterocycles. The summed E-state index contributed by atoms with van der Waals surface area (Å²) in [6.45, 7) is 9.41. The Kier molecular flexibility index (Phi) is 5.71. The van der Waals surface area contributed by atoms with Crippen molar-refractivity contribution in [2.45, 2.75) is 20.4 Å². The van der Waals surface area contributed by atoms with Gasteiger partial charge in [0.2, 0.25) is 0 Å². The van der Waals surface area contributed by atoms with Crippen molar-refractivity contribution in [3.63, 3.8) is 0 Å². The minimum absolute atomic E-state index is 0.0617. The van der Waals surface area contributed by atoms with E-state index >= 15 is 0 Å². The van der Waals surface area contributed by atoms with Gasteiger partial charge in [0.25, 0.3) is 5.91 Å². The van der Waals surface area contributed by atoms with Crippen LogP contribution in [0.15, 0.2) is 36.7 Å². The van der Waals surface area contributed by atoms with Gasteiger partial charge < -0.3 is 14.2 Å². The van der Waals surface area contributed by atoms with Crippen molar-refractivity contribution in [2.75, 3.05) is 39.3 Å². The first-order valence-corrected chi connectivity index (χ1v) is 8.79. The molecule has 0 N–H and O–H groups in total. The molecule has 6 heteroatoms. The average molecular weight is 342 g/mol. The Hall–Kier alpha value is -2.34. The predicted molar refractivity (Wildman–Crippen MR) is 96.7 cm³/mol. The molecular formula is C19H26N4O2. The predicted octanol–water partition coefficient (Wildman–Crippen LogP) is 1.72. The summed E-state index contributed by atoms with van der Waals surface area (Å²) in [6.07, 6.45) is 3.85. The number of aromatic nitrogens is 2. The van der Waals surface area contributed by atoms with Crippen LogP contribution in [0.25, 0.3) is 0 Å². The summed E-state index contributed by atoms with van der Waals surface area (Å²) in [7, 11) is 0. The largest absolute Gasteiger partial charge is 0.484 e. The highest BCUT2D eigenvalue weighted by Crippen LogP contribution is 2.12. The summed E-state index contributed by atoms with van der Waals surface area (Å²) >= 11 is 0. The number of nitrogens with zero attached hydrogens (tertiary/aromatic N) is 4. The maximum absolute atomic E-state index is 12.3. The van der Waals surface area contributed by atoms with Crippen LogP contribution in [0.3, 0.4) is 0 Å². The Bertz CT molecular complexity index is 705. The smallest absolute Gasteiger partial charge is 0.260 e.